The van der Waals surface area contributed by atoms with E-state index in [1.54, 1.807) is 11.3 Å². The summed E-state index contributed by atoms with van der Waals surface area (Å²) < 4.78 is 0. The van der Waals surface area contributed by atoms with Gasteiger partial charge >= 0.3 is 0 Å². The van der Waals surface area contributed by atoms with Gasteiger partial charge < -0.3 is 11.1 Å². The number of fused-ring (bicyclic) bond motifs is 1. The number of hydrogen-bond donors (Lipinski definition) is 2. The first-order valence-electron chi connectivity index (χ1n) is 7.70. The molecular formula is C16H26N2OS. The lowest BCUT2D eigenvalue weighted by molar-refractivity contribution is -0.125. The molecule has 1 aromatic rings. The Kier molecular flexibility index (Phi) is 4.86. The van der Waals surface area contributed by atoms with E-state index in [9.17, 15) is 4.79 Å². The van der Waals surface area contributed by atoms with Crippen LogP contribution in [-0.2, 0) is 17.6 Å². The van der Waals surface area contributed by atoms with E-state index in [1.165, 1.54) is 35.3 Å². The van der Waals surface area contributed by atoms with Gasteiger partial charge in [-0.05, 0) is 56.6 Å². The second-order valence-electron chi connectivity index (χ2n) is 5.81. The molecule has 112 valence electrons. The van der Waals surface area contributed by atoms with E-state index in [4.69, 9.17) is 5.73 Å². The molecule has 0 fully saturated rings. The van der Waals surface area contributed by atoms with Crippen LogP contribution in [0.25, 0.3) is 0 Å². The van der Waals surface area contributed by atoms with Gasteiger partial charge in [-0.1, -0.05) is 13.8 Å². The summed E-state index contributed by atoms with van der Waals surface area (Å²) in [6, 6.07) is 0. The van der Waals surface area contributed by atoms with Crippen molar-refractivity contribution in [3.63, 3.8) is 0 Å². The molecular weight excluding hydrogens is 268 g/mol. The Hall–Kier alpha value is -0.870. The third kappa shape index (κ3) is 2.63. The Labute approximate surface area is 125 Å². The van der Waals surface area contributed by atoms with Crippen molar-refractivity contribution in [1.82, 2.24) is 0 Å². The molecule has 0 bridgehead atoms. The van der Waals surface area contributed by atoms with Gasteiger partial charge in [0.05, 0.1) is 10.4 Å². The molecule has 3 N–H and O–H groups in total. The molecule has 1 amide bonds. The molecule has 3 nitrogen and oxygen atoms in total. The summed E-state index contributed by atoms with van der Waals surface area (Å²) in [7, 11) is 0. The molecule has 0 spiro atoms. The second-order valence-corrected chi connectivity index (χ2v) is 6.92. The lowest BCUT2D eigenvalue weighted by Crippen LogP contribution is -2.41. The molecule has 4 heteroatoms. The predicted molar refractivity (Wildman–Crippen MR) is 86.4 cm³/mol. The minimum Gasteiger partial charge on any atom is -0.329 e. The van der Waals surface area contributed by atoms with Gasteiger partial charge in [0.2, 0.25) is 5.91 Å². The van der Waals surface area contributed by atoms with Crippen LogP contribution < -0.4 is 11.1 Å². The van der Waals surface area contributed by atoms with Gasteiger partial charge in [-0.25, -0.2) is 0 Å². The smallest absolute Gasteiger partial charge is 0.232 e. The Balaban J connectivity index is 2.22. The average molecular weight is 294 g/mol. The van der Waals surface area contributed by atoms with Crippen LogP contribution in [0.15, 0.2) is 0 Å². The number of anilines is 1. The highest BCUT2D eigenvalue weighted by Gasteiger charge is 2.34. The second kappa shape index (κ2) is 6.27. The monoisotopic (exact) mass is 294 g/mol. The Morgan fingerprint density at radius 3 is 2.50 bits per heavy atom. The lowest BCUT2D eigenvalue weighted by atomic mass is 9.81. The van der Waals surface area contributed by atoms with E-state index in [2.05, 4.69) is 12.2 Å². The van der Waals surface area contributed by atoms with Gasteiger partial charge in [-0.2, -0.15) is 0 Å². The number of rotatable bonds is 5. The van der Waals surface area contributed by atoms with Crippen molar-refractivity contribution >= 4 is 22.2 Å². The van der Waals surface area contributed by atoms with Crippen molar-refractivity contribution in [3.05, 3.63) is 16.0 Å². The lowest BCUT2D eigenvalue weighted by Gasteiger charge is -2.28. The van der Waals surface area contributed by atoms with Crippen LogP contribution in [0.1, 0.15) is 55.5 Å². The zero-order valence-corrected chi connectivity index (χ0v) is 13.7. The maximum atomic E-state index is 12.6. The number of aryl methyl sites for hydroxylation is 1. The van der Waals surface area contributed by atoms with E-state index in [1.807, 2.05) is 13.8 Å². The van der Waals surface area contributed by atoms with Gasteiger partial charge in [0.1, 0.15) is 0 Å². The fourth-order valence-electron chi connectivity index (χ4n) is 3.03. The molecule has 1 aromatic heterocycles. The minimum atomic E-state index is -0.420. The van der Waals surface area contributed by atoms with Crippen LogP contribution in [0.3, 0.4) is 0 Å². The number of carbonyl (C=O) groups is 1. The van der Waals surface area contributed by atoms with Crippen molar-refractivity contribution < 1.29 is 4.79 Å². The van der Waals surface area contributed by atoms with E-state index >= 15 is 0 Å². The molecule has 0 atom stereocenters. The number of carbonyl (C=O) groups excluding carboxylic acids is 1. The zero-order valence-electron chi connectivity index (χ0n) is 12.8. The van der Waals surface area contributed by atoms with Crippen LogP contribution in [0.5, 0.6) is 0 Å². The van der Waals surface area contributed by atoms with E-state index in [0.717, 1.165) is 24.3 Å². The molecule has 0 saturated carbocycles. The number of nitrogens with two attached hydrogens (primary N) is 1. The number of nitrogens with one attached hydrogen (secondary N) is 1. The Morgan fingerprint density at radius 2 is 1.95 bits per heavy atom. The van der Waals surface area contributed by atoms with Crippen LogP contribution in [-0.4, -0.2) is 12.5 Å². The summed E-state index contributed by atoms with van der Waals surface area (Å²) in [6.45, 7) is 6.64. The standard InChI is InChI=1S/C16H26N2OS/c1-4-16(5-2,10-17)15(19)18-14-11(3)12-8-6-7-9-13(12)20-14/h4-10,17H2,1-3H3,(H,18,19). The average Bonchev–Trinajstić information content (AvgIpc) is 2.78. The molecule has 0 saturated heterocycles. The molecule has 1 heterocycles. The molecule has 1 aliphatic carbocycles. The number of thiophene rings is 1. The first kappa shape index (κ1) is 15.5. The minimum absolute atomic E-state index is 0.0895. The van der Waals surface area contributed by atoms with Crippen molar-refractivity contribution in [1.29, 1.82) is 0 Å². The normalized spacial score (nSPS) is 15.0. The third-order valence-corrected chi connectivity index (χ3v) is 6.20. The quantitative estimate of drug-likeness (QED) is 0.871. The SMILES string of the molecule is CCC(CC)(CN)C(=O)Nc1sc2c(c1C)CCCC2. The van der Waals surface area contributed by atoms with Gasteiger partial charge in [-0.3, -0.25) is 4.79 Å². The van der Waals surface area contributed by atoms with Crippen molar-refractivity contribution in [2.75, 3.05) is 11.9 Å². The van der Waals surface area contributed by atoms with E-state index < -0.39 is 5.41 Å². The van der Waals surface area contributed by atoms with Crippen LogP contribution >= 0.6 is 11.3 Å². The largest absolute Gasteiger partial charge is 0.329 e. The third-order valence-electron chi connectivity index (χ3n) is 4.89. The first-order valence-corrected chi connectivity index (χ1v) is 8.52. The number of amides is 1. The Bertz CT molecular complexity index is 481. The van der Waals surface area contributed by atoms with Gasteiger partial charge in [0, 0.05) is 11.4 Å². The molecule has 0 aliphatic heterocycles. The topological polar surface area (TPSA) is 55.1 Å². The van der Waals surface area contributed by atoms with Crippen LogP contribution in [0.4, 0.5) is 5.00 Å². The zero-order chi connectivity index (χ0) is 14.8. The number of hydrogen-bond acceptors (Lipinski definition) is 3. The van der Waals surface area contributed by atoms with E-state index in [0.29, 0.717) is 6.54 Å². The molecule has 1 aliphatic rings. The van der Waals surface area contributed by atoms with E-state index in [-0.39, 0.29) is 5.91 Å². The van der Waals surface area contributed by atoms with Crippen LogP contribution in [0.2, 0.25) is 0 Å². The highest BCUT2D eigenvalue weighted by atomic mass is 32.1. The highest BCUT2D eigenvalue weighted by Crippen LogP contribution is 2.38. The highest BCUT2D eigenvalue weighted by molar-refractivity contribution is 7.16. The summed E-state index contributed by atoms with van der Waals surface area (Å²) in [4.78, 5) is 14.1. The summed E-state index contributed by atoms with van der Waals surface area (Å²) in [6.07, 6.45) is 6.45. The summed E-state index contributed by atoms with van der Waals surface area (Å²) in [5.41, 5.74) is 8.19. The molecule has 20 heavy (non-hydrogen) atoms. The molecule has 0 unspecified atom stereocenters. The van der Waals surface area contributed by atoms with Crippen molar-refractivity contribution in [3.8, 4) is 0 Å². The van der Waals surface area contributed by atoms with Crippen molar-refractivity contribution in [2.45, 2.75) is 59.3 Å². The van der Waals surface area contributed by atoms with Gasteiger partial charge in [0.15, 0.2) is 0 Å². The summed E-state index contributed by atoms with van der Waals surface area (Å²) in [5, 5.41) is 4.20. The van der Waals surface area contributed by atoms with Crippen molar-refractivity contribution in [2.24, 2.45) is 11.1 Å². The predicted octanol–water partition coefficient (Wildman–Crippen LogP) is 3.64. The maximum absolute atomic E-state index is 12.6. The first-order chi connectivity index (χ1) is 9.57. The fraction of sp³-hybridized carbons (Fsp3) is 0.688. The summed E-state index contributed by atoms with van der Waals surface area (Å²) in [5.74, 6) is 0.0895. The molecule has 0 radical (unpaired) electrons. The van der Waals surface area contributed by atoms with Gasteiger partial charge in [-0.15, -0.1) is 11.3 Å². The molecule has 0 aromatic carbocycles. The van der Waals surface area contributed by atoms with Gasteiger partial charge in [0.25, 0.3) is 0 Å². The molecule has 2 rings (SSSR count). The summed E-state index contributed by atoms with van der Waals surface area (Å²) >= 11 is 1.77. The Morgan fingerprint density at radius 1 is 1.30 bits per heavy atom. The van der Waals surface area contributed by atoms with Crippen LogP contribution in [0, 0.1) is 12.3 Å². The maximum Gasteiger partial charge on any atom is 0.232 e. The fourth-order valence-corrected chi connectivity index (χ4v) is 4.32.